The highest BCUT2D eigenvalue weighted by Gasteiger charge is 2.15. The number of carbonyl (C=O) groups is 1. The molecule has 6 nitrogen and oxygen atoms in total. The maximum atomic E-state index is 11.6. The fourth-order valence-electron chi connectivity index (χ4n) is 2.41. The number of allylic oxidation sites excluding steroid dienone is 1. The molecular weight excluding hydrogens is 334 g/mol. The molecule has 1 N–H and O–H groups in total. The topological polar surface area (TPSA) is 77.4 Å². The Kier molecular flexibility index (Phi) is 6.79. The maximum Gasteiger partial charge on any atom is 0.309 e. The molecule has 0 spiro atoms. The number of oxime groups is 1. The average molecular weight is 355 g/mol. The molecule has 0 saturated carbocycles. The molecule has 2 aromatic rings. The minimum absolute atomic E-state index is 0.0486. The van der Waals surface area contributed by atoms with E-state index in [1.165, 1.54) is 7.11 Å². The molecule has 0 atom stereocenters. The lowest BCUT2D eigenvalue weighted by atomic mass is 9.95. The molecule has 0 bridgehead atoms. The molecule has 6 heteroatoms. The first-order valence-corrected chi connectivity index (χ1v) is 7.91. The summed E-state index contributed by atoms with van der Waals surface area (Å²) >= 11 is 0. The predicted molar refractivity (Wildman–Crippen MR) is 98.9 cm³/mol. The zero-order valence-electron chi connectivity index (χ0n) is 14.9. The van der Waals surface area contributed by atoms with E-state index in [0.29, 0.717) is 28.3 Å². The van der Waals surface area contributed by atoms with Gasteiger partial charge in [-0.1, -0.05) is 23.4 Å². The average Bonchev–Trinajstić information content (AvgIpc) is 2.71. The lowest BCUT2D eigenvalue weighted by Crippen LogP contribution is -2.07. The van der Waals surface area contributed by atoms with Crippen LogP contribution in [0.5, 0.6) is 11.5 Å². The van der Waals surface area contributed by atoms with Gasteiger partial charge in [-0.25, -0.2) is 0 Å². The number of methoxy groups -OCH3 is 3. The van der Waals surface area contributed by atoms with Crippen LogP contribution in [0.1, 0.15) is 17.5 Å². The van der Waals surface area contributed by atoms with Crippen molar-refractivity contribution in [3.63, 3.8) is 0 Å². The Labute approximate surface area is 152 Å². The number of nitrogens with zero attached hydrogens (tertiary/aromatic N) is 1. The summed E-state index contributed by atoms with van der Waals surface area (Å²) in [5.41, 5.74) is 2.39. The Morgan fingerprint density at radius 1 is 0.923 bits per heavy atom. The number of ether oxygens (including phenoxy) is 3. The van der Waals surface area contributed by atoms with Gasteiger partial charge in [-0.05, 0) is 42.0 Å². The van der Waals surface area contributed by atoms with Crippen LogP contribution < -0.4 is 9.47 Å². The molecule has 0 saturated heterocycles. The highest BCUT2D eigenvalue weighted by molar-refractivity contribution is 6.31. The number of esters is 1. The molecule has 0 aliphatic rings. The minimum atomic E-state index is -0.386. The third-order valence-corrected chi connectivity index (χ3v) is 3.82. The summed E-state index contributed by atoms with van der Waals surface area (Å²) in [7, 11) is 4.49. The zero-order valence-corrected chi connectivity index (χ0v) is 14.9. The van der Waals surface area contributed by atoms with Crippen molar-refractivity contribution in [2.45, 2.75) is 6.42 Å². The van der Waals surface area contributed by atoms with Gasteiger partial charge in [-0.15, -0.1) is 0 Å². The molecule has 0 heterocycles. The van der Waals surface area contributed by atoms with Crippen molar-refractivity contribution < 1.29 is 24.2 Å². The van der Waals surface area contributed by atoms with Crippen molar-refractivity contribution in [1.82, 2.24) is 0 Å². The van der Waals surface area contributed by atoms with Gasteiger partial charge in [0.15, 0.2) is 0 Å². The van der Waals surface area contributed by atoms with E-state index >= 15 is 0 Å². The van der Waals surface area contributed by atoms with Gasteiger partial charge < -0.3 is 19.4 Å². The first-order valence-electron chi connectivity index (χ1n) is 7.91. The van der Waals surface area contributed by atoms with Gasteiger partial charge in [0.25, 0.3) is 0 Å². The van der Waals surface area contributed by atoms with Gasteiger partial charge in [0.1, 0.15) is 17.2 Å². The van der Waals surface area contributed by atoms with Gasteiger partial charge in [0.05, 0.1) is 27.8 Å². The summed E-state index contributed by atoms with van der Waals surface area (Å²) in [6, 6.07) is 14.4. The molecule has 0 aromatic heterocycles. The molecule has 136 valence electrons. The molecule has 2 aromatic carbocycles. The van der Waals surface area contributed by atoms with Gasteiger partial charge in [-0.2, -0.15) is 0 Å². The quantitative estimate of drug-likeness (QED) is 0.356. The summed E-state index contributed by atoms with van der Waals surface area (Å²) in [5, 5.41) is 13.1. The van der Waals surface area contributed by atoms with Crippen LogP contribution in [0.2, 0.25) is 0 Å². The summed E-state index contributed by atoms with van der Waals surface area (Å²) < 4.78 is 15.0. The SMILES string of the molecule is COC(=O)CC=C(C(=NO)c1ccc(OC)cc1)c1ccc(OC)cc1. The van der Waals surface area contributed by atoms with Gasteiger partial charge >= 0.3 is 5.97 Å². The van der Waals surface area contributed by atoms with Gasteiger partial charge in [0, 0.05) is 11.1 Å². The van der Waals surface area contributed by atoms with E-state index in [9.17, 15) is 10.0 Å². The molecule has 0 radical (unpaired) electrons. The fourth-order valence-corrected chi connectivity index (χ4v) is 2.41. The van der Waals surface area contributed by atoms with Crippen LogP contribution in [0.15, 0.2) is 59.8 Å². The van der Waals surface area contributed by atoms with Crippen LogP contribution in [0.4, 0.5) is 0 Å². The fraction of sp³-hybridized carbons (Fsp3) is 0.200. The number of benzene rings is 2. The molecule has 26 heavy (non-hydrogen) atoms. The van der Waals surface area contributed by atoms with E-state index in [2.05, 4.69) is 5.16 Å². The third kappa shape index (κ3) is 4.63. The van der Waals surface area contributed by atoms with Crippen molar-refractivity contribution in [2.75, 3.05) is 21.3 Å². The monoisotopic (exact) mass is 355 g/mol. The van der Waals surface area contributed by atoms with E-state index in [-0.39, 0.29) is 12.4 Å². The van der Waals surface area contributed by atoms with Crippen molar-refractivity contribution in [1.29, 1.82) is 0 Å². The summed E-state index contributed by atoms with van der Waals surface area (Å²) in [5.74, 6) is 1.01. The van der Waals surface area contributed by atoms with Crippen molar-refractivity contribution in [3.8, 4) is 11.5 Å². The lowest BCUT2D eigenvalue weighted by molar-refractivity contribution is -0.139. The Morgan fingerprint density at radius 3 is 1.85 bits per heavy atom. The van der Waals surface area contributed by atoms with Gasteiger partial charge in [0.2, 0.25) is 0 Å². The Hall–Kier alpha value is -3.28. The van der Waals surface area contributed by atoms with E-state index in [0.717, 1.165) is 5.56 Å². The highest BCUT2D eigenvalue weighted by Crippen LogP contribution is 2.25. The third-order valence-electron chi connectivity index (χ3n) is 3.82. The van der Waals surface area contributed by atoms with Crippen molar-refractivity contribution in [3.05, 3.63) is 65.7 Å². The summed E-state index contributed by atoms with van der Waals surface area (Å²) in [4.78, 5) is 11.6. The standard InChI is InChI=1S/C20H21NO5/c1-24-16-8-4-14(5-9-16)18(12-13-19(22)26-3)20(21-23)15-6-10-17(25-2)11-7-15/h4-12,23H,13H2,1-3H3. The van der Waals surface area contributed by atoms with Crippen LogP contribution in [-0.2, 0) is 9.53 Å². The number of hydrogen-bond donors (Lipinski definition) is 1. The summed E-state index contributed by atoms with van der Waals surface area (Å²) in [6.45, 7) is 0. The normalized spacial score (nSPS) is 11.8. The van der Waals surface area contributed by atoms with Crippen LogP contribution in [0.25, 0.3) is 5.57 Å². The molecule has 0 fully saturated rings. The zero-order chi connectivity index (χ0) is 18.9. The molecule has 0 unspecified atom stereocenters. The van der Waals surface area contributed by atoms with E-state index < -0.39 is 0 Å². The molecule has 0 aliphatic carbocycles. The Bertz CT molecular complexity index is 792. The molecule has 0 aliphatic heterocycles. The van der Waals surface area contributed by atoms with Crippen LogP contribution >= 0.6 is 0 Å². The lowest BCUT2D eigenvalue weighted by Gasteiger charge is -2.12. The minimum Gasteiger partial charge on any atom is -0.497 e. The Balaban J connectivity index is 2.46. The van der Waals surface area contributed by atoms with E-state index in [4.69, 9.17) is 14.2 Å². The number of carbonyl (C=O) groups excluding carboxylic acids is 1. The summed E-state index contributed by atoms with van der Waals surface area (Å²) in [6.07, 6.45) is 1.72. The van der Waals surface area contributed by atoms with Gasteiger partial charge in [-0.3, -0.25) is 4.79 Å². The van der Waals surface area contributed by atoms with Crippen molar-refractivity contribution in [2.24, 2.45) is 5.16 Å². The molecular formula is C20H21NO5. The second kappa shape index (κ2) is 9.27. The highest BCUT2D eigenvalue weighted by atomic mass is 16.5. The van der Waals surface area contributed by atoms with Crippen LogP contribution in [0, 0.1) is 0 Å². The van der Waals surface area contributed by atoms with E-state index in [1.54, 1.807) is 56.7 Å². The first kappa shape index (κ1) is 19.1. The maximum absolute atomic E-state index is 11.6. The second-order valence-electron chi connectivity index (χ2n) is 5.30. The van der Waals surface area contributed by atoms with Crippen LogP contribution in [0.3, 0.4) is 0 Å². The number of rotatable bonds is 7. The Morgan fingerprint density at radius 2 is 1.42 bits per heavy atom. The van der Waals surface area contributed by atoms with E-state index in [1.807, 2.05) is 12.1 Å². The largest absolute Gasteiger partial charge is 0.497 e. The predicted octanol–water partition coefficient (Wildman–Crippen LogP) is 3.53. The first-order chi connectivity index (χ1) is 12.6. The number of hydrogen-bond acceptors (Lipinski definition) is 6. The molecule has 0 amide bonds. The van der Waals surface area contributed by atoms with Crippen LogP contribution in [-0.4, -0.2) is 38.2 Å². The smallest absolute Gasteiger partial charge is 0.309 e. The second-order valence-corrected chi connectivity index (χ2v) is 5.30. The molecule has 2 rings (SSSR count). The van der Waals surface area contributed by atoms with Crippen molar-refractivity contribution >= 4 is 17.3 Å².